The predicted octanol–water partition coefficient (Wildman–Crippen LogP) is 0.904. The Labute approximate surface area is 94.1 Å². The number of hydrogen-bond donors (Lipinski definition) is 0. The molecular formula is C9H13O6P. The Kier molecular flexibility index (Phi) is 1.99. The second-order valence-corrected chi connectivity index (χ2v) is 5.93. The lowest BCUT2D eigenvalue weighted by molar-refractivity contribution is -0.224. The third kappa shape index (κ3) is 1.32. The molecule has 0 aromatic rings. The molecule has 3 unspecified atom stereocenters. The molecule has 0 aromatic carbocycles. The van der Waals surface area contributed by atoms with Crippen molar-refractivity contribution in [3.8, 4) is 0 Å². The Morgan fingerprint density at radius 1 is 1.06 bits per heavy atom. The molecule has 4 fully saturated rings. The maximum Gasteiger partial charge on any atom is 0.333 e. The molecule has 90 valence electrons. The minimum Gasteiger partial charge on any atom is -0.341 e. The van der Waals surface area contributed by atoms with Gasteiger partial charge in [0.1, 0.15) is 24.4 Å². The molecule has 4 aliphatic heterocycles. The quantitative estimate of drug-likeness (QED) is 0.594. The molecule has 7 heteroatoms. The van der Waals surface area contributed by atoms with Crippen molar-refractivity contribution in [2.45, 2.75) is 50.3 Å². The van der Waals surface area contributed by atoms with Gasteiger partial charge in [0.05, 0.1) is 6.61 Å². The van der Waals surface area contributed by atoms with E-state index >= 15 is 0 Å². The molecule has 4 heterocycles. The van der Waals surface area contributed by atoms with E-state index in [1.54, 1.807) is 0 Å². The van der Waals surface area contributed by atoms with Crippen molar-refractivity contribution in [1.82, 2.24) is 0 Å². The summed E-state index contributed by atoms with van der Waals surface area (Å²) >= 11 is 0. The molecule has 4 rings (SSSR count). The minimum atomic E-state index is -1.20. The second-order valence-electron chi connectivity index (χ2n) is 4.80. The summed E-state index contributed by atoms with van der Waals surface area (Å²) in [7, 11) is -1.20. The lowest BCUT2D eigenvalue weighted by Crippen LogP contribution is -2.44. The normalized spacial score (nSPS) is 57.4. The van der Waals surface area contributed by atoms with Crippen molar-refractivity contribution in [3.05, 3.63) is 0 Å². The highest BCUT2D eigenvalue weighted by Gasteiger charge is 2.62. The van der Waals surface area contributed by atoms with Gasteiger partial charge >= 0.3 is 8.60 Å². The van der Waals surface area contributed by atoms with Gasteiger partial charge in [0.2, 0.25) is 0 Å². The van der Waals surface area contributed by atoms with E-state index in [0.29, 0.717) is 6.61 Å². The Morgan fingerprint density at radius 3 is 2.81 bits per heavy atom. The Bertz CT molecular complexity index is 323. The summed E-state index contributed by atoms with van der Waals surface area (Å²) in [5, 5.41) is 0. The fourth-order valence-corrected chi connectivity index (χ4v) is 3.82. The van der Waals surface area contributed by atoms with Crippen LogP contribution in [0.15, 0.2) is 0 Å². The molecule has 4 saturated heterocycles. The van der Waals surface area contributed by atoms with E-state index in [-0.39, 0.29) is 30.7 Å². The SMILES string of the molecule is CC1(C)OC2OC3[C@H](O[P@]4OC[C@H]3O4)C2O1. The van der Waals surface area contributed by atoms with Gasteiger partial charge in [-0.2, -0.15) is 0 Å². The molecule has 4 aliphatic rings. The van der Waals surface area contributed by atoms with Crippen molar-refractivity contribution in [1.29, 1.82) is 0 Å². The molecule has 16 heavy (non-hydrogen) atoms. The molecule has 6 nitrogen and oxygen atoms in total. The molecule has 0 saturated carbocycles. The second kappa shape index (κ2) is 3.14. The van der Waals surface area contributed by atoms with Gasteiger partial charge in [0.25, 0.3) is 0 Å². The number of hydrogen-bond acceptors (Lipinski definition) is 6. The predicted molar refractivity (Wildman–Crippen MR) is 51.3 cm³/mol. The van der Waals surface area contributed by atoms with Gasteiger partial charge in [0.15, 0.2) is 12.1 Å². The smallest absolute Gasteiger partial charge is 0.333 e. The largest absolute Gasteiger partial charge is 0.341 e. The molecule has 2 bridgehead atoms. The highest BCUT2D eigenvalue weighted by atomic mass is 31.2. The van der Waals surface area contributed by atoms with Crippen LogP contribution in [0.5, 0.6) is 0 Å². The van der Waals surface area contributed by atoms with Gasteiger partial charge < -0.3 is 27.8 Å². The van der Waals surface area contributed by atoms with E-state index in [2.05, 4.69) is 0 Å². The maximum absolute atomic E-state index is 5.79. The van der Waals surface area contributed by atoms with Gasteiger partial charge in [-0.25, -0.2) is 0 Å². The first kappa shape index (κ1) is 10.1. The van der Waals surface area contributed by atoms with Crippen molar-refractivity contribution in [2.75, 3.05) is 6.61 Å². The molecule has 0 amide bonds. The van der Waals surface area contributed by atoms with Crippen molar-refractivity contribution >= 4 is 8.60 Å². The number of fused-ring (bicyclic) bond motifs is 6. The van der Waals surface area contributed by atoms with Crippen LogP contribution in [0, 0.1) is 0 Å². The summed E-state index contributed by atoms with van der Waals surface area (Å²) in [6, 6.07) is 0. The van der Waals surface area contributed by atoms with Crippen LogP contribution in [0.1, 0.15) is 13.8 Å². The average Bonchev–Trinajstić information content (AvgIpc) is 2.80. The van der Waals surface area contributed by atoms with E-state index in [4.69, 9.17) is 27.8 Å². The molecule has 0 aliphatic carbocycles. The first-order valence-electron chi connectivity index (χ1n) is 5.40. The lowest BCUT2D eigenvalue weighted by atomic mass is 10.1. The van der Waals surface area contributed by atoms with Crippen molar-refractivity contribution < 1.29 is 27.8 Å². The van der Waals surface area contributed by atoms with E-state index in [0.717, 1.165) is 0 Å². The Hall–Kier alpha value is 0.190. The summed E-state index contributed by atoms with van der Waals surface area (Å²) < 4.78 is 33.8. The highest BCUT2D eigenvalue weighted by Crippen LogP contribution is 2.57. The first-order chi connectivity index (χ1) is 7.62. The van der Waals surface area contributed by atoms with E-state index < -0.39 is 14.4 Å². The van der Waals surface area contributed by atoms with E-state index in [1.807, 2.05) is 13.8 Å². The van der Waals surface area contributed by atoms with Crippen molar-refractivity contribution in [2.24, 2.45) is 0 Å². The van der Waals surface area contributed by atoms with Gasteiger partial charge in [-0.15, -0.1) is 0 Å². The summed E-state index contributed by atoms with van der Waals surface area (Å²) in [5.41, 5.74) is 0. The number of rotatable bonds is 0. The minimum absolute atomic E-state index is 0.0363. The summed E-state index contributed by atoms with van der Waals surface area (Å²) in [6.45, 7) is 4.29. The van der Waals surface area contributed by atoms with Crippen LogP contribution < -0.4 is 0 Å². The fraction of sp³-hybridized carbons (Fsp3) is 1.00. The first-order valence-corrected chi connectivity index (χ1v) is 6.50. The van der Waals surface area contributed by atoms with Crippen LogP contribution in [-0.4, -0.2) is 43.1 Å². The zero-order valence-electron chi connectivity index (χ0n) is 8.99. The summed E-state index contributed by atoms with van der Waals surface area (Å²) in [5.74, 6) is -0.602. The van der Waals surface area contributed by atoms with Gasteiger partial charge in [0, 0.05) is 0 Å². The summed E-state index contributed by atoms with van der Waals surface area (Å²) in [6.07, 6.45) is -0.806. The average molecular weight is 248 g/mol. The zero-order valence-corrected chi connectivity index (χ0v) is 9.88. The number of ether oxygens (including phenoxy) is 3. The third-order valence-electron chi connectivity index (χ3n) is 3.17. The van der Waals surface area contributed by atoms with Gasteiger partial charge in [-0.1, -0.05) is 0 Å². The van der Waals surface area contributed by atoms with Crippen LogP contribution >= 0.6 is 8.60 Å². The summed E-state index contributed by atoms with van der Waals surface area (Å²) in [4.78, 5) is 0. The van der Waals surface area contributed by atoms with Crippen LogP contribution in [0.3, 0.4) is 0 Å². The van der Waals surface area contributed by atoms with E-state index in [1.165, 1.54) is 0 Å². The molecule has 0 aromatic heterocycles. The van der Waals surface area contributed by atoms with E-state index in [9.17, 15) is 0 Å². The maximum atomic E-state index is 5.79. The topological polar surface area (TPSA) is 55.4 Å². The Balaban J connectivity index is 1.60. The highest BCUT2D eigenvalue weighted by molar-refractivity contribution is 7.42. The van der Waals surface area contributed by atoms with Gasteiger partial charge in [-0.05, 0) is 13.8 Å². The molecule has 0 spiro atoms. The van der Waals surface area contributed by atoms with Crippen LogP contribution in [0.4, 0.5) is 0 Å². The van der Waals surface area contributed by atoms with Crippen LogP contribution in [0.25, 0.3) is 0 Å². The fourth-order valence-electron chi connectivity index (χ4n) is 2.54. The van der Waals surface area contributed by atoms with Crippen LogP contribution in [0.2, 0.25) is 0 Å². The molecular weight excluding hydrogens is 235 g/mol. The Morgan fingerprint density at radius 2 is 1.94 bits per heavy atom. The van der Waals surface area contributed by atoms with Crippen LogP contribution in [-0.2, 0) is 27.8 Å². The molecule has 0 N–H and O–H groups in total. The monoisotopic (exact) mass is 248 g/mol. The van der Waals surface area contributed by atoms with Crippen molar-refractivity contribution in [3.63, 3.8) is 0 Å². The zero-order chi connectivity index (χ0) is 10.9. The lowest BCUT2D eigenvalue weighted by Gasteiger charge is -2.31. The standard InChI is InChI=1S/C9H13O6P/c1-9(2)12-7-6-5(11-8(7)13-9)4-3-10-16(14-4)15-6/h4-8H,3H2,1-2H3/t4-,5?,6+,7?,8?,16-/m1/s1. The molecule has 6 atom stereocenters. The van der Waals surface area contributed by atoms with Gasteiger partial charge in [-0.3, -0.25) is 0 Å². The molecule has 0 radical (unpaired) electrons. The third-order valence-corrected chi connectivity index (χ3v) is 4.39.